The Morgan fingerprint density at radius 1 is 1.35 bits per heavy atom. The molecular weight excluding hydrogens is 366 g/mol. The smallest absolute Gasteiger partial charge is 0.259 e. The van der Waals surface area contributed by atoms with E-state index in [1.54, 1.807) is 11.3 Å². The number of fused-ring (bicyclic) bond motifs is 3. The highest BCUT2D eigenvalue weighted by molar-refractivity contribution is 7.99. The number of aromatic nitrogens is 2. The van der Waals surface area contributed by atoms with E-state index in [4.69, 9.17) is 0 Å². The molecule has 134 valence electrons. The van der Waals surface area contributed by atoms with Gasteiger partial charge in [-0.3, -0.25) is 9.59 Å². The summed E-state index contributed by atoms with van der Waals surface area (Å²) in [6, 6.07) is 7.70. The average Bonchev–Trinajstić information content (AvgIpc) is 3.17. The normalized spacial score (nSPS) is 13.1. The second kappa shape index (κ2) is 7.25. The number of aryl methyl sites for hydroxylation is 3. The quantitative estimate of drug-likeness (QED) is 0.703. The number of carbonyl (C=O) groups excluding carboxylic acids is 1. The Kier molecular flexibility index (Phi) is 4.82. The molecule has 1 aliphatic rings. The van der Waals surface area contributed by atoms with Crippen LogP contribution in [0.3, 0.4) is 0 Å². The molecule has 0 atom stereocenters. The molecule has 1 amide bonds. The molecule has 0 unspecified atom stereocenters. The average molecular weight is 386 g/mol. The minimum atomic E-state index is -0.0529. The number of amides is 1. The summed E-state index contributed by atoms with van der Waals surface area (Å²) in [6.07, 6.45) is 3.16. The standard InChI is InChI=1S/C19H19N3O2S2/c1-11-5-2-3-7-13(11)20-16(23)10-25-9-15-21-18(24)17-12-6-4-8-14(12)26-19(17)22-15/h2-3,5,7H,4,6,8-10H2,1H3,(H,20,23)(H,21,22,24). The van der Waals surface area contributed by atoms with Gasteiger partial charge in [0.05, 0.1) is 16.9 Å². The van der Waals surface area contributed by atoms with Gasteiger partial charge in [-0.1, -0.05) is 18.2 Å². The van der Waals surface area contributed by atoms with Crippen LogP contribution in [0.1, 0.15) is 28.2 Å². The molecule has 0 fully saturated rings. The number of rotatable bonds is 5. The maximum Gasteiger partial charge on any atom is 0.259 e. The van der Waals surface area contributed by atoms with Gasteiger partial charge in [0.15, 0.2) is 0 Å². The molecule has 0 saturated carbocycles. The predicted molar refractivity (Wildman–Crippen MR) is 108 cm³/mol. The van der Waals surface area contributed by atoms with Crippen molar-refractivity contribution in [1.82, 2.24) is 9.97 Å². The molecule has 0 spiro atoms. The predicted octanol–water partition coefficient (Wildman–Crippen LogP) is 3.65. The van der Waals surface area contributed by atoms with Crippen molar-refractivity contribution >= 4 is 44.9 Å². The fourth-order valence-corrected chi connectivity index (χ4v) is 5.23. The van der Waals surface area contributed by atoms with Crippen LogP contribution in [0.2, 0.25) is 0 Å². The molecular formula is C19H19N3O2S2. The van der Waals surface area contributed by atoms with E-state index in [1.165, 1.54) is 22.2 Å². The van der Waals surface area contributed by atoms with Crippen molar-refractivity contribution in [3.8, 4) is 0 Å². The number of nitrogens with one attached hydrogen (secondary N) is 2. The highest BCUT2D eigenvalue weighted by Gasteiger charge is 2.21. The first kappa shape index (κ1) is 17.3. The van der Waals surface area contributed by atoms with Crippen LogP contribution >= 0.6 is 23.1 Å². The van der Waals surface area contributed by atoms with Gasteiger partial charge < -0.3 is 10.3 Å². The summed E-state index contributed by atoms with van der Waals surface area (Å²) in [5, 5.41) is 3.69. The Bertz CT molecular complexity index is 1040. The summed E-state index contributed by atoms with van der Waals surface area (Å²) >= 11 is 3.09. The Morgan fingerprint density at radius 2 is 2.19 bits per heavy atom. The number of benzene rings is 1. The Hall–Kier alpha value is -2.12. The summed E-state index contributed by atoms with van der Waals surface area (Å²) in [5.74, 6) is 1.41. The van der Waals surface area contributed by atoms with Crippen molar-refractivity contribution < 1.29 is 4.79 Å². The van der Waals surface area contributed by atoms with Gasteiger partial charge >= 0.3 is 0 Å². The highest BCUT2D eigenvalue weighted by Crippen LogP contribution is 2.34. The SMILES string of the molecule is Cc1ccccc1NC(=O)CSCc1nc2sc3c(c2c(=O)[nH]1)CCC3. The first-order chi connectivity index (χ1) is 12.6. The van der Waals surface area contributed by atoms with E-state index in [9.17, 15) is 9.59 Å². The highest BCUT2D eigenvalue weighted by atomic mass is 32.2. The topological polar surface area (TPSA) is 74.8 Å². The number of thioether (sulfide) groups is 1. The minimum Gasteiger partial charge on any atom is -0.325 e. The van der Waals surface area contributed by atoms with E-state index in [1.807, 2.05) is 31.2 Å². The molecule has 4 rings (SSSR count). The van der Waals surface area contributed by atoms with Gasteiger partial charge in [0.2, 0.25) is 5.91 Å². The minimum absolute atomic E-state index is 0.0469. The number of hydrogen-bond donors (Lipinski definition) is 2. The van der Waals surface area contributed by atoms with Crippen LogP contribution in [0.5, 0.6) is 0 Å². The van der Waals surface area contributed by atoms with Gasteiger partial charge in [-0.05, 0) is 43.4 Å². The lowest BCUT2D eigenvalue weighted by atomic mass is 10.2. The zero-order chi connectivity index (χ0) is 18.1. The van der Waals surface area contributed by atoms with E-state index in [0.29, 0.717) is 17.3 Å². The van der Waals surface area contributed by atoms with Gasteiger partial charge in [0, 0.05) is 10.6 Å². The molecule has 0 radical (unpaired) electrons. The molecule has 26 heavy (non-hydrogen) atoms. The monoisotopic (exact) mass is 385 g/mol. The molecule has 0 aliphatic heterocycles. The second-order valence-electron chi connectivity index (χ2n) is 6.41. The fraction of sp³-hybridized carbons (Fsp3) is 0.316. The van der Waals surface area contributed by atoms with Crippen molar-refractivity contribution in [2.75, 3.05) is 11.1 Å². The summed E-state index contributed by atoms with van der Waals surface area (Å²) in [5.41, 5.74) is 3.01. The number of hydrogen-bond acceptors (Lipinski definition) is 5. The third-order valence-electron chi connectivity index (χ3n) is 4.52. The van der Waals surface area contributed by atoms with Gasteiger partial charge in [-0.25, -0.2) is 4.98 Å². The summed E-state index contributed by atoms with van der Waals surface area (Å²) < 4.78 is 0. The van der Waals surface area contributed by atoms with Crippen LogP contribution in [-0.4, -0.2) is 21.6 Å². The molecule has 0 bridgehead atoms. The number of anilines is 1. The van der Waals surface area contributed by atoms with Gasteiger partial charge in [0.1, 0.15) is 10.7 Å². The fourth-order valence-electron chi connectivity index (χ4n) is 3.26. The first-order valence-corrected chi connectivity index (χ1v) is 10.6. The molecule has 5 nitrogen and oxygen atoms in total. The lowest BCUT2D eigenvalue weighted by Gasteiger charge is -2.07. The van der Waals surface area contributed by atoms with Crippen molar-refractivity contribution in [2.24, 2.45) is 0 Å². The Labute approximate surface area is 159 Å². The number of H-pyrrole nitrogens is 1. The number of nitrogens with zero attached hydrogens (tertiary/aromatic N) is 1. The summed E-state index contributed by atoms with van der Waals surface area (Å²) in [7, 11) is 0. The van der Waals surface area contributed by atoms with Crippen molar-refractivity contribution in [3.63, 3.8) is 0 Å². The molecule has 7 heteroatoms. The van der Waals surface area contributed by atoms with Crippen molar-refractivity contribution in [3.05, 3.63) is 56.4 Å². The van der Waals surface area contributed by atoms with Crippen LogP contribution in [0.25, 0.3) is 10.2 Å². The van der Waals surface area contributed by atoms with Crippen LogP contribution in [-0.2, 0) is 23.4 Å². The second-order valence-corrected chi connectivity index (χ2v) is 8.48. The number of thiophene rings is 1. The first-order valence-electron chi connectivity index (χ1n) is 8.58. The lowest BCUT2D eigenvalue weighted by molar-refractivity contribution is -0.113. The zero-order valence-electron chi connectivity index (χ0n) is 14.4. The number of aromatic amines is 1. The third kappa shape index (κ3) is 3.41. The largest absolute Gasteiger partial charge is 0.325 e. The van der Waals surface area contributed by atoms with Gasteiger partial charge in [0.25, 0.3) is 5.56 Å². The van der Waals surface area contributed by atoms with Gasteiger partial charge in [-0.15, -0.1) is 23.1 Å². The van der Waals surface area contributed by atoms with Gasteiger partial charge in [-0.2, -0.15) is 0 Å². The molecule has 3 aromatic rings. The molecule has 0 saturated heterocycles. The van der Waals surface area contributed by atoms with Crippen molar-refractivity contribution in [1.29, 1.82) is 0 Å². The third-order valence-corrected chi connectivity index (χ3v) is 6.64. The maximum absolute atomic E-state index is 12.4. The lowest BCUT2D eigenvalue weighted by Crippen LogP contribution is -2.16. The molecule has 1 aliphatic carbocycles. The molecule has 1 aromatic carbocycles. The van der Waals surface area contributed by atoms with Crippen LogP contribution < -0.4 is 10.9 Å². The molecule has 2 aromatic heterocycles. The van der Waals surface area contributed by atoms with E-state index < -0.39 is 0 Å². The summed E-state index contributed by atoms with van der Waals surface area (Å²) in [6.45, 7) is 1.96. The Balaban J connectivity index is 1.40. The van der Waals surface area contributed by atoms with E-state index in [0.717, 1.165) is 40.7 Å². The van der Waals surface area contributed by atoms with Crippen LogP contribution in [0, 0.1) is 6.92 Å². The molecule has 2 N–H and O–H groups in total. The Morgan fingerprint density at radius 3 is 3.04 bits per heavy atom. The van der Waals surface area contributed by atoms with Crippen LogP contribution in [0.4, 0.5) is 5.69 Å². The zero-order valence-corrected chi connectivity index (χ0v) is 16.1. The number of para-hydroxylation sites is 1. The van der Waals surface area contributed by atoms with E-state index in [-0.39, 0.29) is 11.5 Å². The van der Waals surface area contributed by atoms with E-state index in [2.05, 4.69) is 15.3 Å². The number of carbonyl (C=O) groups is 1. The van der Waals surface area contributed by atoms with Crippen molar-refractivity contribution in [2.45, 2.75) is 31.9 Å². The molecule has 2 heterocycles. The summed E-state index contributed by atoms with van der Waals surface area (Å²) in [4.78, 5) is 34.2. The van der Waals surface area contributed by atoms with E-state index >= 15 is 0 Å². The maximum atomic E-state index is 12.4. The van der Waals surface area contributed by atoms with Crippen LogP contribution in [0.15, 0.2) is 29.1 Å².